The lowest BCUT2D eigenvalue weighted by Gasteiger charge is -2.21. The SMILES string of the molecule is Cc1cccc(C)c1N1CCC(Cl)(Cl)C1=O. The van der Waals surface area contributed by atoms with Crippen molar-refractivity contribution in [1.82, 2.24) is 0 Å². The Labute approximate surface area is 105 Å². The monoisotopic (exact) mass is 257 g/mol. The molecule has 1 saturated heterocycles. The molecule has 16 heavy (non-hydrogen) atoms. The summed E-state index contributed by atoms with van der Waals surface area (Å²) >= 11 is 11.9. The summed E-state index contributed by atoms with van der Waals surface area (Å²) in [4.78, 5) is 13.7. The van der Waals surface area contributed by atoms with Gasteiger partial charge in [0.15, 0.2) is 4.33 Å². The Hall–Kier alpha value is -0.730. The van der Waals surface area contributed by atoms with Crippen molar-refractivity contribution in [2.75, 3.05) is 11.4 Å². The Kier molecular flexibility index (Phi) is 2.89. The summed E-state index contributed by atoms with van der Waals surface area (Å²) < 4.78 is -1.26. The Balaban J connectivity index is 2.44. The second kappa shape index (κ2) is 3.94. The van der Waals surface area contributed by atoms with Crippen LogP contribution in [0.5, 0.6) is 0 Å². The Bertz CT molecular complexity index is 422. The molecular weight excluding hydrogens is 245 g/mol. The van der Waals surface area contributed by atoms with Gasteiger partial charge in [-0.25, -0.2) is 0 Å². The van der Waals surface area contributed by atoms with Gasteiger partial charge in [0.05, 0.1) is 0 Å². The molecule has 1 aromatic rings. The number of nitrogens with zero attached hydrogens (tertiary/aromatic N) is 1. The van der Waals surface area contributed by atoms with Gasteiger partial charge >= 0.3 is 0 Å². The van der Waals surface area contributed by atoms with Crippen LogP contribution in [0.2, 0.25) is 0 Å². The van der Waals surface area contributed by atoms with E-state index in [1.54, 1.807) is 4.90 Å². The van der Waals surface area contributed by atoms with Crippen LogP contribution in [0.4, 0.5) is 5.69 Å². The first-order valence-electron chi connectivity index (χ1n) is 5.19. The second-order valence-corrected chi connectivity index (χ2v) is 5.64. The predicted molar refractivity (Wildman–Crippen MR) is 67.3 cm³/mol. The van der Waals surface area contributed by atoms with E-state index in [4.69, 9.17) is 23.2 Å². The Morgan fingerprint density at radius 2 is 1.81 bits per heavy atom. The molecule has 0 saturated carbocycles. The summed E-state index contributed by atoms with van der Waals surface area (Å²) in [5.41, 5.74) is 3.08. The number of hydrogen-bond donors (Lipinski definition) is 0. The highest BCUT2D eigenvalue weighted by molar-refractivity contribution is 6.59. The molecule has 0 bridgehead atoms. The average molecular weight is 258 g/mol. The van der Waals surface area contributed by atoms with Crippen molar-refractivity contribution in [2.24, 2.45) is 0 Å². The van der Waals surface area contributed by atoms with E-state index in [0.29, 0.717) is 13.0 Å². The minimum Gasteiger partial charge on any atom is -0.309 e. The van der Waals surface area contributed by atoms with Crippen LogP contribution in [0.3, 0.4) is 0 Å². The number of rotatable bonds is 1. The largest absolute Gasteiger partial charge is 0.309 e. The van der Waals surface area contributed by atoms with Crippen LogP contribution in [0.25, 0.3) is 0 Å². The zero-order valence-corrected chi connectivity index (χ0v) is 10.8. The number of hydrogen-bond acceptors (Lipinski definition) is 1. The first-order valence-corrected chi connectivity index (χ1v) is 5.95. The molecule has 0 radical (unpaired) electrons. The van der Waals surface area contributed by atoms with E-state index in [1.165, 1.54) is 0 Å². The van der Waals surface area contributed by atoms with Crippen molar-refractivity contribution in [1.29, 1.82) is 0 Å². The quantitative estimate of drug-likeness (QED) is 0.708. The maximum Gasteiger partial charge on any atom is 0.263 e. The summed E-state index contributed by atoms with van der Waals surface area (Å²) in [7, 11) is 0. The molecule has 2 nitrogen and oxygen atoms in total. The van der Waals surface area contributed by atoms with Crippen LogP contribution < -0.4 is 4.90 Å². The fourth-order valence-electron chi connectivity index (χ4n) is 2.10. The van der Waals surface area contributed by atoms with Crippen LogP contribution in [-0.4, -0.2) is 16.8 Å². The van der Waals surface area contributed by atoms with Gasteiger partial charge in [-0.1, -0.05) is 41.4 Å². The molecule has 1 aliphatic heterocycles. The molecule has 0 atom stereocenters. The number of carbonyl (C=O) groups is 1. The van der Waals surface area contributed by atoms with Crippen LogP contribution in [0.15, 0.2) is 18.2 Å². The summed E-state index contributed by atoms with van der Waals surface area (Å²) in [5, 5.41) is 0. The number of amides is 1. The topological polar surface area (TPSA) is 20.3 Å². The van der Waals surface area contributed by atoms with E-state index < -0.39 is 4.33 Å². The molecule has 0 aliphatic carbocycles. The van der Waals surface area contributed by atoms with Gasteiger partial charge in [-0.3, -0.25) is 4.79 Å². The zero-order valence-electron chi connectivity index (χ0n) is 9.26. The fourth-order valence-corrected chi connectivity index (χ4v) is 2.48. The smallest absolute Gasteiger partial charge is 0.263 e. The third-order valence-corrected chi connectivity index (χ3v) is 3.62. The van der Waals surface area contributed by atoms with Crippen molar-refractivity contribution >= 4 is 34.8 Å². The predicted octanol–water partition coefficient (Wildman–Crippen LogP) is 3.21. The van der Waals surface area contributed by atoms with Crippen molar-refractivity contribution in [3.05, 3.63) is 29.3 Å². The Morgan fingerprint density at radius 1 is 1.25 bits per heavy atom. The fraction of sp³-hybridized carbons (Fsp3) is 0.417. The molecule has 0 N–H and O–H groups in total. The summed E-state index contributed by atoms with van der Waals surface area (Å²) in [6.45, 7) is 4.55. The maximum absolute atomic E-state index is 12.0. The molecule has 86 valence electrons. The molecular formula is C12H13Cl2NO. The Morgan fingerprint density at radius 3 is 2.25 bits per heavy atom. The number of para-hydroxylation sites is 1. The molecule has 1 aliphatic rings. The molecule has 1 amide bonds. The summed E-state index contributed by atoms with van der Waals surface area (Å²) in [5.74, 6) is -0.215. The molecule has 0 aromatic heterocycles. The molecule has 4 heteroatoms. The molecule has 1 aromatic carbocycles. The third-order valence-electron chi connectivity index (χ3n) is 2.92. The lowest BCUT2D eigenvalue weighted by atomic mass is 10.1. The third kappa shape index (κ3) is 1.80. The first kappa shape index (κ1) is 11.7. The van der Waals surface area contributed by atoms with Crippen LogP contribution in [0, 0.1) is 13.8 Å². The van der Waals surface area contributed by atoms with Crippen molar-refractivity contribution < 1.29 is 4.79 Å². The van der Waals surface area contributed by atoms with E-state index >= 15 is 0 Å². The van der Waals surface area contributed by atoms with Gasteiger partial charge < -0.3 is 4.90 Å². The molecule has 2 rings (SSSR count). The standard InChI is InChI=1S/C12H13Cl2NO/c1-8-4-3-5-9(2)10(8)15-7-6-12(13,14)11(15)16/h3-5H,6-7H2,1-2H3. The van der Waals surface area contributed by atoms with Gasteiger partial charge in [-0.15, -0.1) is 0 Å². The molecule has 0 unspecified atom stereocenters. The van der Waals surface area contributed by atoms with E-state index in [1.807, 2.05) is 32.0 Å². The average Bonchev–Trinajstić information content (AvgIpc) is 2.45. The minimum absolute atomic E-state index is 0.215. The number of halogens is 2. The van der Waals surface area contributed by atoms with Crippen LogP contribution >= 0.6 is 23.2 Å². The van der Waals surface area contributed by atoms with E-state index in [9.17, 15) is 4.79 Å². The first-order chi connectivity index (χ1) is 7.43. The van der Waals surface area contributed by atoms with Crippen LogP contribution in [-0.2, 0) is 4.79 Å². The normalized spacial score (nSPS) is 19.2. The van der Waals surface area contributed by atoms with Crippen molar-refractivity contribution in [2.45, 2.75) is 24.6 Å². The van der Waals surface area contributed by atoms with E-state index in [-0.39, 0.29) is 5.91 Å². The molecule has 1 heterocycles. The summed E-state index contributed by atoms with van der Waals surface area (Å²) in [6, 6.07) is 5.94. The maximum atomic E-state index is 12.0. The van der Waals surface area contributed by atoms with Gasteiger partial charge in [-0.05, 0) is 25.0 Å². The van der Waals surface area contributed by atoms with E-state index in [2.05, 4.69) is 0 Å². The highest BCUT2D eigenvalue weighted by Gasteiger charge is 2.44. The molecule has 0 spiro atoms. The van der Waals surface area contributed by atoms with Gasteiger partial charge in [0, 0.05) is 18.7 Å². The van der Waals surface area contributed by atoms with Gasteiger partial charge in [-0.2, -0.15) is 0 Å². The van der Waals surface area contributed by atoms with Crippen molar-refractivity contribution in [3.63, 3.8) is 0 Å². The van der Waals surface area contributed by atoms with Gasteiger partial charge in [0.25, 0.3) is 5.91 Å². The highest BCUT2D eigenvalue weighted by Crippen LogP contribution is 2.38. The number of aryl methyl sites for hydroxylation is 2. The van der Waals surface area contributed by atoms with E-state index in [0.717, 1.165) is 16.8 Å². The number of alkyl halides is 2. The number of benzene rings is 1. The highest BCUT2D eigenvalue weighted by atomic mass is 35.5. The second-order valence-electron chi connectivity index (χ2n) is 4.15. The minimum atomic E-state index is -1.26. The van der Waals surface area contributed by atoms with Gasteiger partial charge in [0.1, 0.15) is 0 Å². The molecule has 1 fully saturated rings. The van der Waals surface area contributed by atoms with Crippen molar-refractivity contribution in [3.8, 4) is 0 Å². The number of carbonyl (C=O) groups excluding carboxylic acids is 1. The van der Waals surface area contributed by atoms with Gasteiger partial charge in [0.2, 0.25) is 0 Å². The van der Waals surface area contributed by atoms with Crippen LogP contribution in [0.1, 0.15) is 17.5 Å². The summed E-state index contributed by atoms with van der Waals surface area (Å²) in [6.07, 6.45) is 0.475. The lowest BCUT2D eigenvalue weighted by molar-refractivity contribution is -0.117. The number of anilines is 1. The zero-order chi connectivity index (χ0) is 11.9. The lowest BCUT2D eigenvalue weighted by Crippen LogP contribution is -2.32.